The van der Waals surface area contributed by atoms with Crippen molar-refractivity contribution in [1.29, 1.82) is 5.26 Å². The summed E-state index contributed by atoms with van der Waals surface area (Å²) in [6.45, 7) is 6.00. The molecular weight excluding hydrogens is 498 g/mol. The van der Waals surface area contributed by atoms with Crippen molar-refractivity contribution in [2.75, 3.05) is 19.7 Å². The van der Waals surface area contributed by atoms with Crippen molar-refractivity contribution in [3.63, 3.8) is 0 Å². The van der Waals surface area contributed by atoms with Crippen LogP contribution in [-0.4, -0.2) is 71.1 Å². The maximum atomic E-state index is 13.6. The van der Waals surface area contributed by atoms with Crippen molar-refractivity contribution < 1.29 is 38.6 Å². The Bertz CT molecular complexity index is 1030. The van der Waals surface area contributed by atoms with Crippen molar-refractivity contribution in [2.45, 2.75) is 64.6 Å². The molecule has 0 fully saturated rings. The number of ether oxygens (including phenoxy) is 2. The molecule has 0 aliphatic heterocycles. The lowest BCUT2D eigenvalue weighted by Gasteiger charge is -2.33. The molecule has 2 unspecified atom stereocenters. The molecule has 1 aromatic carbocycles. The largest absolute Gasteiger partial charge is 0.508 e. The predicted octanol–water partition coefficient (Wildman–Crippen LogP) is 1.01. The Morgan fingerprint density at radius 2 is 1.76 bits per heavy atom. The standard InChI is InChI=1S/C25H35N5O8/c1-5-37-20(33)12-14-28-22(34)21(16-6-8-17(31)9-7-16)30(15-13-26)23(35)18(10-11-19(27)32)29-24(36)38-25(2,3)4/h6-9,18,21,31H,5,10-12,14-15H2,1-4H3,(H2,27,32)(H,28,34)(H,29,36). The fourth-order valence-corrected chi connectivity index (χ4v) is 3.31. The molecule has 13 nitrogen and oxygen atoms in total. The minimum atomic E-state index is -1.39. The number of rotatable bonds is 13. The van der Waals surface area contributed by atoms with Gasteiger partial charge in [0.15, 0.2) is 0 Å². The summed E-state index contributed by atoms with van der Waals surface area (Å²) >= 11 is 0. The molecule has 13 heteroatoms. The molecule has 0 saturated carbocycles. The molecular formula is C25H35N5O8. The monoisotopic (exact) mass is 533 g/mol. The van der Waals surface area contributed by atoms with Gasteiger partial charge in [-0.15, -0.1) is 0 Å². The number of hydrogen-bond acceptors (Lipinski definition) is 9. The van der Waals surface area contributed by atoms with Gasteiger partial charge in [-0.3, -0.25) is 19.2 Å². The third-order valence-corrected chi connectivity index (χ3v) is 4.90. The minimum absolute atomic E-state index is 0.0979. The molecule has 0 aliphatic rings. The quantitative estimate of drug-likeness (QED) is 0.211. The molecule has 1 aromatic rings. The van der Waals surface area contributed by atoms with Gasteiger partial charge in [0.05, 0.1) is 19.1 Å². The number of benzene rings is 1. The average Bonchev–Trinajstić information content (AvgIpc) is 2.81. The summed E-state index contributed by atoms with van der Waals surface area (Å²) in [5.74, 6) is -2.94. The number of phenolic OH excluding ortho intramolecular Hbond substituents is 1. The number of nitriles is 1. The zero-order valence-corrected chi connectivity index (χ0v) is 22.0. The lowest BCUT2D eigenvalue weighted by Crippen LogP contribution is -2.53. The smallest absolute Gasteiger partial charge is 0.408 e. The number of amides is 4. The average molecular weight is 534 g/mol. The van der Waals surface area contributed by atoms with Gasteiger partial charge in [-0.05, 0) is 51.8 Å². The first-order chi connectivity index (χ1) is 17.8. The van der Waals surface area contributed by atoms with E-state index in [1.807, 2.05) is 6.07 Å². The van der Waals surface area contributed by atoms with E-state index in [0.717, 1.165) is 4.90 Å². The fourth-order valence-electron chi connectivity index (χ4n) is 3.31. The number of carbonyl (C=O) groups is 5. The van der Waals surface area contributed by atoms with Gasteiger partial charge in [-0.1, -0.05) is 12.1 Å². The number of phenols is 1. The molecule has 0 aromatic heterocycles. The number of nitrogens with one attached hydrogen (secondary N) is 2. The first-order valence-corrected chi connectivity index (χ1v) is 12.0. The highest BCUT2D eigenvalue weighted by Gasteiger charge is 2.36. The van der Waals surface area contributed by atoms with E-state index in [-0.39, 0.29) is 43.7 Å². The normalized spacial score (nSPS) is 12.3. The number of aromatic hydroxyl groups is 1. The van der Waals surface area contributed by atoms with E-state index < -0.39 is 54.0 Å². The number of nitrogens with zero attached hydrogens (tertiary/aromatic N) is 2. The van der Waals surface area contributed by atoms with E-state index in [4.69, 9.17) is 15.2 Å². The number of nitrogens with two attached hydrogens (primary N) is 1. The predicted molar refractivity (Wildman–Crippen MR) is 134 cm³/mol. The molecule has 38 heavy (non-hydrogen) atoms. The third kappa shape index (κ3) is 11.2. The van der Waals surface area contributed by atoms with Crippen molar-refractivity contribution in [3.05, 3.63) is 29.8 Å². The van der Waals surface area contributed by atoms with Gasteiger partial charge in [0.1, 0.15) is 30.0 Å². The Hall–Kier alpha value is -4.34. The highest BCUT2D eigenvalue weighted by Crippen LogP contribution is 2.25. The number of hydrogen-bond donors (Lipinski definition) is 4. The van der Waals surface area contributed by atoms with Crippen LogP contribution in [0.25, 0.3) is 0 Å². The Balaban J connectivity index is 3.36. The van der Waals surface area contributed by atoms with E-state index in [9.17, 15) is 34.3 Å². The molecule has 2 atom stereocenters. The second-order valence-corrected chi connectivity index (χ2v) is 9.17. The maximum Gasteiger partial charge on any atom is 0.408 e. The fraction of sp³-hybridized carbons (Fsp3) is 0.520. The van der Waals surface area contributed by atoms with Crippen molar-refractivity contribution in [1.82, 2.24) is 15.5 Å². The number of primary amides is 1. The van der Waals surface area contributed by atoms with E-state index >= 15 is 0 Å². The van der Waals surface area contributed by atoms with E-state index in [1.54, 1.807) is 27.7 Å². The summed E-state index contributed by atoms with van der Waals surface area (Å²) in [7, 11) is 0. The van der Waals surface area contributed by atoms with E-state index in [2.05, 4.69) is 10.6 Å². The number of carbonyl (C=O) groups excluding carboxylic acids is 5. The zero-order chi connectivity index (χ0) is 28.9. The van der Waals surface area contributed by atoms with Crippen LogP contribution in [-0.2, 0) is 28.7 Å². The molecule has 5 N–H and O–H groups in total. The van der Waals surface area contributed by atoms with Crippen molar-refractivity contribution >= 4 is 29.8 Å². The van der Waals surface area contributed by atoms with E-state index in [0.29, 0.717) is 0 Å². The summed E-state index contributed by atoms with van der Waals surface area (Å²) < 4.78 is 10.1. The van der Waals surface area contributed by atoms with Crippen molar-refractivity contribution in [3.8, 4) is 11.8 Å². The van der Waals surface area contributed by atoms with Gasteiger partial charge in [-0.2, -0.15) is 5.26 Å². The molecule has 208 valence electrons. The van der Waals surface area contributed by atoms with Crippen LogP contribution in [0.4, 0.5) is 4.79 Å². The summed E-state index contributed by atoms with van der Waals surface area (Å²) in [4.78, 5) is 63.4. The van der Waals surface area contributed by atoms with Gasteiger partial charge in [0, 0.05) is 13.0 Å². The molecule has 0 saturated heterocycles. The topological polar surface area (TPSA) is 201 Å². The number of alkyl carbamates (subject to hydrolysis) is 1. The Kier molecular flexibility index (Phi) is 12.5. The minimum Gasteiger partial charge on any atom is -0.508 e. The molecule has 1 rings (SSSR count). The van der Waals surface area contributed by atoms with Crippen LogP contribution in [0.3, 0.4) is 0 Å². The van der Waals surface area contributed by atoms with E-state index in [1.165, 1.54) is 24.3 Å². The second-order valence-electron chi connectivity index (χ2n) is 9.17. The first kappa shape index (κ1) is 31.7. The SMILES string of the molecule is CCOC(=O)CCNC(=O)C(c1ccc(O)cc1)N(CC#N)C(=O)C(CCC(N)=O)NC(=O)OC(C)(C)C. The van der Waals surface area contributed by atoms with Crippen LogP contribution in [0.1, 0.15) is 58.6 Å². The van der Waals surface area contributed by atoms with Crippen molar-refractivity contribution in [2.24, 2.45) is 5.73 Å². The Morgan fingerprint density at radius 1 is 1.13 bits per heavy atom. The van der Waals surface area contributed by atoms with Gasteiger partial charge in [-0.25, -0.2) is 4.79 Å². The zero-order valence-electron chi connectivity index (χ0n) is 22.0. The summed E-state index contributed by atoms with van der Waals surface area (Å²) in [5, 5.41) is 24.1. The molecule has 0 radical (unpaired) electrons. The van der Waals surface area contributed by atoms with Gasteiger partial charge in [0.25, 0.3) is 0 Å². The van der Waals surface area contributed by atoms with Gasteiger partial charge in [0.2, 0.25) is 17.7 Å². The van der Waals surface area contributed by atoms with Crippen LogP contribution >= 0.6 is 0 Å². The molecule has 0 spiro atoms. The lowest BCUT2D eigenvalue weighted by atomic mass is 10.0. The Morgan fingerprint density at radius 3 is 2.29 bits per heavy atom. The summed E-state index contributed by atoms with van der Waals surface area (Å²) in [5.41, 5.74) is 4.59. The maximum absolute atomic E-state index is 13.6. The van der Waals surface area contributed by atoms with Crippen LogP contribution in [0.5, 0.6) is 5.75 Å². The molecule has 0 bridgehead atoms. The van der Waals surface area contributed by atoms with Crippen LogP contribution in [0, 0.1) is 11.3 Å². The molecule has 4 amide bonds. The lowest BCUT2D eigenvalue weighted by molar-refractivity contribution is -0.144. The highest BCUT2D eigenvalue weighted by molar-refractivity contribution is 5.92. The summed E-state index contributed by atoms with van der Waals surface area (Å²) in [6.07, 6.45) is -1.57. The Labute approximate surface area is 221 Å². The van der Waals surface area contributed by atoms with Gasteiger partial charge >= 0.3 is 12.1 Å². The molecule has 0 heterocycles. The third-order valence-electron chi connectivity index (χ3n) is 4.90. The number of esters is 1. The van der Waals surface area contributed by atoms with Gasteiger partial charge < -0.3 is 35.8 Å². The van der Waals surface area contributed by atoms with Crippen LogP contribution < -0.4 is 16.4 Å². The highest BCUT2D eigenvalue weighted by atomic mass is 16.6. The second kappa shape index (κ2) is 15.0. The molecule has 0 aliphatic carbocycles. The first-order valence-electron chi connectivity index (χ1n) is 12.0. The van der Waals surface area contributed by atoms with Crippen LogP contribution in [0.15, 0.2) is 24.3 Å². The van der Waals surface area contributed by atoms with Crippen LogP contribution in [0.2, 0.25) is 0 Å². The summed E-state index contributed by atoms with van der Waals surface area (Å²) in [6, 6.07) is 4.46.